The molecule has 0 amide bonds. The van der Waals surface area contributed by atoms with Gasteiger partial charge in [-0.05, 0) is 44.6 Å². The van der Waals surface area contributed by atoms with Gasteiger partial charge in [0.25, 0.3) is 0 Å². The largest absolute Gasteiger partial charge is 0.490 e. The molecular formula is C16H25N3O. The van der Waals surface area contributed by atoms with Crippen LogP contribution in [0.15, 0.2) is 24.3 Å². The normalized spacial score (nSPS) is 26.4. The fraction of sp³-hybridized carbons (Fsp3) is 0.625. The summed E-state index contributed by atoms with van der Waals surface area (Å²) in [6, 6.07) is 8.78. The molecular weight excluding hydrogens is 250 g/mol. The summed E-state index contributed by atoms with van der Waals surface area (Å²) in [5, 5.41) is 0. The van der Waals surface area contributed by atoms with E-state index in [9.17, 15) is 0 Å². The highest BCUT2D eigenvalue weighted by Crippen LogP contribution is 2.28. The standard InChI is InChI=1S/C16H25N3O/c1-18-9-10-19(2)15(11-18)16(17)12-3-5-13(6-4-12)20-14-7-8-14/h3-6,14-16H,7-11,17H2,1-2H3. The number of likely N-dealkylation sites (N-methyl/N-ethyl adjacent to an activating group) is 2. The van der Waals surface area contributed by atoms with Crippen molar-refractivity contribution in [3.05, 3.63) is 29.8 Å². The van der Waals surface area contributed by atoms with Crippen molar-refractivity contribution in [1.82, 2.24) is 9.80 Å². The maximum atomic E-state index is 6.48. The van der Waals surface area contributed by atoms with Crippen molar-refractivity contribution in [1.29, 1.82) is 0 Å². The summed E-state index contributed by atoms with van der Waals surface area (Å²) in [5.74, 6) is 0.970. The Kier molecular flexibility index (Phi) is 3.96. The molecule has 2 aliphatic rings. The van der Waals surface area contributed by atoms with Gasteiger partial charge in [-0.2, -0.15) is 0 Å². The van der Waals surface area contributed by atoms with Crippen LogP contribution in [0.5, 0.6) is 5.75 Å². The van der Waals surface area contributed by atoms with Gasteiger partial charge < -0.3 is 15.4 Å². The van der Waals surface area contributed by atoms with Crippen LogP contribution in [0, 0.1) is 0 Å². The average molecular weight is 275 g/mol. The van der Waals surface area contributed by atoms with E-state index in [1.54, 1.807) is 0 Å². The number of nitrogens with zero attached hydrogens (tertiary/aromatic N) is 2. The van der Waals surface area contributed by atoms with Crippen molar-refractivity contribution >= 4 is 0 Å². The maximum absolute atomic E-state index is 6.48. The molecule has 2 fully saturated rings. The second-order valence-corrected chi connectivity index (χ2v) is 6.22. The number of hydrogen-bond donors (Lipinski definition) is 1. The molecule has 0 radical (unpaired) electrons. The number of hydrogen-bond acceptors (Lipinski definition) is 4. The van der Waals surface area contributed by atoms with Crippen molar-refractivity contribution in [2.75, 3.05) is 33.7 Å². The van der Waals surface area contributed by atoms with Gasteiger partial charge in [0.1, 0.15) is 5.75 Å². The molecule has 20 heavy (non-hydrogen) atoms. The molecule has 2 unspecified atom stereocenters. The van der Waals surface area contributed by atoms with E-state index in [2.05, 4.69) is 48.2 Å². The Bertz CT molecular complexity index is 444. The summed E-state index contributed by atoms with van der Waals surface area (Å²) in [5.41, 5.74) is 7.67. The van der Waals surface area contributed by atoms with Gasteiger partial charge >= 0.3 is 0 Å². The molecule has 0 spiro atoms. The highest BCUT2D eigenvalue weighted by atomic mass is 16.5. The van der Waals surface area contributed by atoms with Crippen LogP contribution in [0.2, 0.25) is 0 Å². The SMILES string of the molecule is CN1CCN(C)C(C(N)c2ccc(OC3CC3)cc2)C1. The van der Waals surface area contributed by atoms with Crippen LogP contribution in [-0.2, 0) is 0 Å². The summed E-state index contributed by atoms with van der Waals surface area (Å²) in [4.78, 5) is 4.73. The third-order valence-corrected chi connectivity index (χ3v) is 4.41. The van der Waals surface area contributed by atoms with Crippen molar-refractivity contribution in [3.8, 4) is 5.75 Å². The van der Waals surface area contributed by atoms with E-state index >= 15 is 0 Å². The number of piperazine rings is 1. The molecule has 1 aliphatic carbocycles. The van der Waals surface area contributed by atoms with E-state index in [0.29, 0.717) is 12.1 Å². The minimum absolute atomic E-state index is 0.0534. The van der Waals surface area contributed by atoms with E-state index in [4.69, 9.17) is 10.5 Å². The Morgan fingerprint density at radius 1 is 1.15 bits per heavy atom. The van der Waals surface area contributed by atoms with Crippen LogP contribution >= 0.6 is 0 Å². The van der Waals surface area contributed by atoms with Crippen LogP contribution < -0.4 is 10.5 Å². The molecule has 1 aromatic rings. The van der Waals surface area contributed by atoms with Crippen molar-refractivity contribution in [3.63, 3.8) is 0 Å². The monoisotopic (exact) mass is 275 g/mol. The zero-order valence-corrected chi connectivity index (χ0v) is 12.5. The van der Waals surface area contributed by atoms with Gasteiger partial charge in [-0.1, -0.05) is 12.1 Å². The highest BCUT2D eigenvalue weighted by molar-refractivity contribution is 5.30. The van der Waals surface area contributed by atoms with E-state index in [1.165, 1.54) is 18.4 Å². The molecule has 4 nitrogen and oxygen atoms in total. The molecule has 0 aromatic heterocycles. The van der Waals surface area contributed by atoms with E-state index in [-0.39, 0.29) is 6.04 Å². The Balaban J connectivity index is 1.67. The first-order valence-corrected chi connectivity index (χ1v) is 7.54. The predicted molar refractivity (Wildman–Crippen MR) is 80.9 cm³/mol. The van der Waals surface area contributed by atoms with Crippen molar-refractivity contribution in [2.45, 2.75) is 31.0 Å². The molecule has 4 heteroatoms. The first-order chi connectivity index (χ1) is 9.63. The van der Waals surface area contributed by atoms with Crippen molar-refractivity contribution < 1.29 is 4.74 Å². The lowest BCUT2D eigenvalue weighted by molar-refractivity contribution is 0.0974. The summed E-state index contributed by atoms with van der Waals surface area (Å²) in [6.45, 7) is 3.23. The number of nitrogens with two attached hydrogens (primary N) is 1. The van der Waals surface area contributed by atoms with Gasteiger partial charge in [0, 0.05) is 31.7 Å². The van der Waals surface area contributed by atoms with Gasteiger partial charge in [-0.15, -0.1) is 0 Å². The molecule has 0 bridgehead atoms. The number of ether oxygens (including phenoxy) is 1. The van der Waals surface area contributed by atoms with Gasteiger partial charge in [-0.25, -0.2) is 0 Å². The molecule has 1 aromatic carbocycles. The second kappa shape index (κ2) is 5.72. The van der Waals surface area contributed by atoms with Crippen molar-refractivity contribution in [2.24, 2.45) is 5.73 Å². The Morgan fingerprint density at radius 3 is 2.50 bits per heavy atom. The predicted octanol–water partition coefficient (Wildman–Crippen LogP) is 1.47. The molecule has 1 aliphatic heterocycles. The minimum atomic E-state index is 0.0534. The molecule has 2 atom stereocenters. The first-order valence-electron chi connectivity index (χ1n) is 7.54. The summed E-state index contributed by atoms with van der Waals surface area (Å²) < 4.78 is 5.78. The summed E-state index contributed by atoms with van der Waals surface area (Å²) >= 11 is 0. The zero-order chi connectivity index (χ0) is 14.1. The fourth-order valence-corrected chi connectivity index (χ4v) is 2.80. The summed E-state index contributed by atoms with van der Waals surface area (Å²) in [7, 11) is 4.33. The van der Waals surface area contributed by atoms with Crippen LogP contribution in [0.25, 0.3) is 0 Å². The van der Waals surface area contributed by atoms with Crippen LogP contribution in [0.1, 0.15) is 24.4 Å². The number of benzene rings is 1. The Labute approximate surface area is 121 Å². The van der Waals surface area contributed by atoms with Gasteiger partial charge in [0.05, 0.1) is 6.10 Å². The number of rotatable bonds is 4. The molecule has 3 rings (SSSR count). The van der Waals surface area contributed by atoms with Gasteiger partial charge in [-0.3, -0.25) is 4.90 Å². The lowest BCUT2D eigenvalue weighted by Gasteiger charge is -2.40. The van der Waals surface area contributed by atoms with E-state index in [0.717, 1.165) is 25.4 Å². The van der Waals surface area contributed by atoms with Crippen LogP contribution in [-0.4, -0.2) is 55.7 Å². The maximum Gasteiger partial charge on any atom is 0.119 e. The smallest absolute Gasteiger partial charge is 0.119 e. The quantitative estimate of drug-likeness (QED) is 0.903. The molecule has 2 N–H and O–H groups in total. The Hall–Kier alpha value is -1.10. The van der Waals surface area contributed by atoms with Crippen LogP contribution in [0.3, 0.4) is 0 Å². The third kappa shape index (κ3) is 3.14. The first kappa shape index (κ1) is 13.9. The second-order valence-electron chi connectivity index (χ2n) is 6.22. The lowest BCUT2D eigenvalue weighted by atomic mass is 9.97. The molecule has 110 valence electrons. The van der Waals surface area contributed by atoms with Crippen LogP contribution in [0.4, 0.5) is 0 Å². The molecule has 1 saturated heterocycles. The average Bonchev–Trinajstić information content (AvgIpc) is 3.26. The molecule has 1 heterocycles. The highest BCUT2D eigenvalue weighted by Gasteiger charge is 2.28. The zero-order valence-electron chi connectivity index (χ0n) is 12.5. The van der Waals surface area contributed by atoms with E-state index < -0.39 is 0 Å². The fourth-order valence-electron chi connectivity index (χ4n) is 2.80. The third-order valence-electron chi connectivity index (χ3n) is 4.41. The Morgan fingerprint density at radius 2 is 1.85 bits per heavy atom. The van der Waals surface area contributed by atoms with Gasteiger partial charge in [0.15, 0.2) is 0 Å². The summed E-state index contributed by atoms with van der Waals surface area (Å²) in [6.07, 6.45) is 2.84. The van der Waals surface area contributed by atoms with Gasteiger partial charge in [0.2, 0.25) is 0 Å². The molecule has 1 saturated carbocycles. The lowest BCUT2D eigenvalue weighted by Crippen LogP contribution is -2.54. The van der Waals surface area contributed by atoms with E-state index in [1.807, 2.05) is 0 Å². The minimum Gasteiger partial charge on any atom is -0.490 e. The topological polar surface area (TPSA) is 41.7 Å².